The first-order valence-electron chi connectivity index (χ1n) is 9.02. The van der Waals surface area contributed by atoms with Gasteiger partial charge in [0.25, 0.3) is 11.6 Å². The Morgan fingerprint density at radius 2 is 1.93 bits per heavy atom. The van der Waals surface area contributed by atoms with Crippen molar-refractivity contribution in [1.82, 2.24) is 0 Å². The van der Waals surface area contributed by atoms with Gasteiger partial charge in [0.1, 0.15) is 11.5 Å². The van der Waals surface area contributed by atoms with Crippen molar-refractivity contribution in [3.8, 4) is 11.5 Å². The van der Waals surface area contributed by atoms with E-state index in [2.05, 4.69) is 28.2 Å². The van der Waals surface area contributed by atoms with E-state index in [9.17, 15) is 14.9 Å². The van der Waals surface area contributed by atoms with E-state index in [1.165, 1.54) is 25.3 Å². The number of carbonyl (C=O) groups excluding carboxylic acids is 1. The van der Waals surface area contributed by atoms with Gasteiger partial charge < -0.3 is 14.8 Å². The number of benzene rings is 2. The summed E-state index contributed by atoms with van der Waals surface area (Å²) in [6, 6.07) is 9.25. The fraction of sp³-hybridized carbons (Fsp3) is 0.350. The molecule has 0 saturated carbocycles. The number of carbonyl (C=O) groups is 1. The number of nitro groups is 1. The summed E-state index contributed by atoms with van der Waals surface area (Å²) < 4.78 is 11.7. The smallest absolute Gasteiger partial charge is 0.273 e. The molecule has 0 aromatic heterocycles. The number of anilines is 1. The van der Waals surface area contributed by atoms with E-state index in [-0.39, 0.29) is 11.4 Å². The van der Waals surface area contributed by atoms with E-state index < -0.39 is 10.8 Å². The van der Waals surface area contributed by atoms with Crippen LogP contribution in [0.25, 0.3) is 0 Å². The molecule has 0 unspecified atom stereocenters. The van der Waals surface area contributed by atoms with E-state index in [1.54, 1.807) is 12.1 Å². The number of unbranched alkanes of at least 4 members (excludes halogenated alkanes) is 3. The maximum Gasteiger partial charge on any atom is 0.273 e. The number of halogens is 1. The fourth-order valence-electron chi connectivity index (χ4n) is 2.60. The van der Waals surface area contributed by atoms with Crippen molar-refractivity contribution in [2.75, 3.05) is 19.0 Å². The van der Waals surface area contributed by atoms with Crippen LogP contribution in [-0.2, 0) is 0 Å². The van der Waals surface area contributed by atoms with Crippen LogP contribution < -0.4 is 14.8 Å². The van der Waals surface area contributed by atoms with Gasteiger partial charge in [0, 0.05) is 10.5 Å². The first kappa shape index (κ1) is 21.7. The summed E-state index contributed by atoms with van der Waals surface area (Å²) in [7, 11) is 1.39. The Kier molecular flexibility index (Phi) is 8.25. The molecule has 0 heterocycles. The molecule has 28 heavy (non-hydrogen) atoms. The minimum absolute atomic E-state index is 0.117. The largest absolute Gasteiger partial charge is 0.494 e. The lowest BCUT2D eigenvalue weighted by Gasteiger charge is -2.14. The topological polar surface area (TPSA) is 90.7 Å². The van der Waals surface area contributed by atoms with E-state index in [0.29, 0.717) is 23.6 Å². The number of ether oxygens (including phenoxy) is 2. The van der Waals surface area contributed by atoms with Gasteiger partial charge in [-0.1, -0.05) is 42.1 Å². The standard InChI is InChI=1S/C20H23BrN2O5/c1-3-4-5-6-11-28-18-10-7-14(21)12-16(18)20(24)22-17-9-8-15(23(25)26)13-19(17)27-2/h7-10,12-13H,3-6,11H2,1-2H3,(H,22,24). The maximum atomic E-state index is 12.8. The number of non-ortho nitro benzene ring substituents is 1. The molecule has 7 nitrogen and oxygen atoms in total. The van der Waals surface area contributed by atoms with Crippen molar-refractivity contribution in [1.29, 1.82) is 0 Å². The van der Waals surface area contributed by atoms with Gasteiger partial charge in [0.15, 0.2) is 0 Å². The number of rotatable bonds is 10. The van der Waals surface area contributed by atoms with Crippen molar-refractivity contribution >= 4 is 33.2 Å². The van der Waals surface area contributed by atoms with Gasteiger partial charge in [-0.3, -0.25) is 14.9 Å². The van der Waals surface area contributed by atoms with Crippen LogP contribution in [0, 0.1) is 10.1 Å². The van der Waals surface area contributed by atoms with Crippen LogP contribution in [0.1, 0.15) is 43.0 Å². The van der Waals surface area contributed by atoms with Gasteiger partial charge in [0.2, 0.25) is 0 Å². The predicted octanol–water partition coefficient (Wildman–Crippen LogP) is 5.58. The SMILES string of the molecule is CCCCCCOc1ccc(Br)cc1C(=O)Nc1ccc([N+](=O)[O-])cc1OC. The average molecular weight is 451 g/mol. The van der Waals surface area contributed by atoms with Crippen LogP contribution in [-0.4, -0.2) is 24.5 Å². The van der Waals surface area contributed by atoms with Crippen molar-refractivity contribution in [3.63, 3.8) is 0 Å². The number of amides is 1. The van der Waals surface area contributed by atoms with Crippen LogP contribution in [0.3, 0.4) is 0 Å². The minimum Gasteiger partial charge on any atom is -0.494 e. The van der Waals surface area contributed by atoms with E-state index in [0.717, 1.165) is 30.2 Å². The number of nitro benzene ring substituents is 1. The fourth-order valence-corrected chi connectivity index (χ4v) is 2.96. The van der Waals surface area contributed by atoms with Crippen LogP contribution in [0.4, 0.5) is 11.4 Å². The number of methoxy groups -OCH3 is 1. The lowest BCUT2D eigenvalue weighted by atomic mass is 10.1. The summed E-state index contributed by atoms with van der Waals surface area (Å²) in [5, 5.41) is 13.6. The highest BCUT2D eigenvalue weighted by atomic mass is 79.9. The third-order valence-electron chi connectivity index (χ3n) is 4.09. The second kappa shape index (κ2) is 10.7. The normalized spacial score (nSPS) is 10.4. The molecule has 0 spiro atoms. The number of hydrogen-bond donors (Lipinski definition) is 1. The van der Waals surface area contributed by atoms with Gasteiger partial charge in [0.05, 0.1) is 36.0 Å². The molecular formula is C20H23BrN2O5. The molecule has 0 aliphatic carbocycles. The zero-order valence-corrected chi connectivity index (χ0v) is 17.5. The summed E-state index contributed by atoms with van der Waals surface area (Å²) in [5.74, 6) is 0.301. The number of nitrogens with one attached hydrogen (secondary N) is 1. The Labute approximate surface area is 172 Å². The summed E-state index contributed by atoms with van der Waals surface area (Å²) >= 11 is 3.37. The molecule has 0 aliphatic heterocycles. The molecule has 0 atom stereocenters. The lowest BCUT2D eigenvalue weighted by Crippen LogP contribution is -2.15. The summed E-state index contributed by atoms with van der Waals surface area (Å²) in [6.07, 6.45) is 4.29. The first-order valence-corrected chi connectivity index (χ1v) is 9.81. The molecule has 150 valence electrons. The lowest BCUT2D eigenvalue weighted by molar-refractivity contribution is -0.384. The van der Waals surface area contributed by atoms with E-state index in [1.807, 2.05) is 6.07 Å². The predicted molar refractivity (Wildman–Crippen MR) is 111 cm³/mol. The molecule has 2 aromatic rings. The molecule has 2 aromatic carbocycles. The van der Waals surface area contributed by atoms with Gasteiger partial charge >= 0.3 is 0 Å². The number of hydrogen-bond acceptors (Lipinski definition) is 5. The summed E-state index contributed by atoms with van der Waals surface area (Å²) in [4.78, 5) is 23.2. The molecule has 0 saturated heterocycles. The Balaban J connectivity index is 2.17. The second-order valence-electron chi connectivity index (χ2n) is 6.15. The Hall–Kier alpha value is -2.61. The van der Waals surface area contributed by atoms with Crippen molar-refractivity contribution in [2.24, 2.45) is 0 Å². The molecule has 1 N–H and O–H groups in total. The molecule has 0 fully saturated rings. The maximum absolute atomic E-state index is 12.8. The zero-order valence-electron chi connectivity index (χ0n) is 15.9. The molecule has 0 bridgehead atoms. The summed E-state index contributed by atoms with van der Waals surface area (Å²) in [5.41, 5.74) is 0.589. The third-order valence-corrected chi connectivity index (χ3v) is 4.58. The van der Waals surface area contributed by atoms with Crippen LogP contribution in [0.2, 0.25) is 0 Å². The highest BCUT2D eigenvalue weighted by Crippen LogP contribution is 2.31. The van der Waals surface area contributed by atoms with Crippen molar-refractivity contribution in [3.05, 3.63) is 56.5 Å². The summed E-state index contributed by atoms with van der Waals surface area (Å²) in [6.45, 7) is 2.67. The first-order chi connectivity index (χ1) is 13.5. The Bertz CT molecular complexity index is 841. The highest BCUT2D eigenvalue weighted by molar-refractivity contribution is 9.10. The Morgan fingerprint density at radius 1 is 1.14 bits per heavy atom. The van der Waals surface area contributed by atoms with Gasteiger partial charge in [-0.25, -0.2) is 0 Å². The van der Waals surface area contributed by atoms with Crippen molar-refractivity contribution in [2.45, 2.75) is 32.6 Å². The zero-order chi connectivity index (χ0) is 20.5. The van der Waals surface area contributed by atoms with Gasteiger partial charge in [-0.05, 0) is 30.7 Å². The Morgan fingerprint density at radius 3 is 2.61 bits per heavy atom. The molecule has 0 aliphatic rings. The monoisotopic (exact) mass is 450 g/mol. The van der Waals surface area contributed by atoms with E-state index in [4.69, 9.17) is 9.47 Å². The second-order valence-corrected chi connectivity index (χ2v) is 7.06. The minimum atomic E-state index is -0.521. The molecule has 0 radical (unpaired) electrons. The molecular weight excluding hydrogens is 428 g/mol. The van der Waals surface area contributed by atoms with Crippen LogP contribution in [0.15, 0.2) is 40.9 Å². The highest BCUT2D eigenvalue weighted by Gasteiger charge is 2.17. The average Bonchev–Trinajstić information content (AvgIpc) is 2.68. The molecule has 1 amide bonds. The van der Waals surface area contributed by atoms with Gasteiger partial charge in [-0.2, -0.15) is 0 Å². The molecule has 2 rings (SSSR count). The third kappa shape index (κ3) is 5.95. The van der Waals surface area contributed by atoms with Crippen molar-refractivity contribution < 1.29 is 19.2 Å². The van der Waals surface area contributed by atoms with Crippen LogP contribution in [0.5, 0.6) is 11.5 Å². The van der Waals surface area contributed by atoms with Crippen LogP contribution >= 0.6 is 15.9 Å². The van der Waals surface area contributed by atoms with Gasteiger partial charge in [-0.15, -0.1) is 0 Å². The quantitative estimate of drug-likeness (QED) is 0.289. The molecule has 8 heteroatoms. The van der Waals surface area contributed by atoms with E-state index >= 15 is 0 Å². The number of nitrogens with zero attached hydrogens (tertiary/aromatic N) is 1.